The van der Waals surface area contributed by atoms with Gasteiger partial charge in [-0.1, -0.05) is 55.8 Å². The maximum Gasteiger partial charge on any atom is 0.227 e. The summed E-state index contributed by atoms with van der Waals surface area (Å²) in [6.07, 6.45) is 8.72. The third kappa shape index (κ3) is 5.79. The van der Waals surface area contributed by atoms with E-state index in [1.807, 2.05) is 12.3 Å². The van der Waals surface area contributed by atoms with Crippen LogP contribution in [-0.4, -0.2) is 61.2 Å². The molecule has 0 N–H and O–H groups in total. The van der Waals surface area contributed by atoms with Gasteiger partial charge in [-0.05, 0) is 18.1 Å². The number of hydrogen-bond acceptors (Lipinski definition) is 5. The summed E-state index contributed by atoms with van der Waals surface area (Å²) in [5.74, 6) is 1.87. The molecule has 2 heterocycles. The number of anilines is 2. The van der Waals surface area contributed by atoms with Crippen molar-refractivity contribution in [1.82, 2.24) is 14.9 Å². The van der Waals surface area contributed by atoms with E-state index in [1.165, 1.54) is 18.4 Å². The van der Waals surface area contributed by atoms with Crippen LogP contribution in [0.3, 0.4) is 0 Å². The van der Waals surface area contributed by atoms with Gasteiger partial charge in [0, 0.05) is 52.5 Å². The van der Waals surface area contributed by atoms with Crippen LogP contribution < -0.4 is 9.80 Å². The largest absolute Gasteiger partial charge is 0.360 e. The molecule has 5 nitrogen and oxygen atoms in total. The molecule has 27 heavy (non-hydrogen) atoms. The summed E-state index contributed by atoms with van der Waals surface area (Å²) in [6.45, 7) is 8.27. The Morgan fingerprint density at radius 1 is 1.07 bits per heavy atom. The van der Waals surface area contributed by atoms with Crippen LogP contribution in [0.1, 0.15) is 25.3 Å². The van der Waals surface area contributed by atoms with Gasteiger partial charge in [-0.3, -0.25) is 4.90 Å². The van der Waals surface area contributed by atoms with Gasteiger partial charge < -0.3 is 9.80 Å². The van der Waals surface area contributed by atoms with Gasteiger partial charge in [0.1, 0.15) is 5.82 Å². The second-order valence-corrected chi connectivity index (χ2v) is 7.09. The molecule has 1 aliphatic heterocycles. The maximum atomic E-state index is 4.78. The molecule has 1 aromatic carbocycles. The lowest BCUT2D eigenvalue weighted by Gasteiger charge is -2.34. The molecule has 0 atom stereocenters. The lowest BCUT2D eigenvalue weighted by molar-refractivity contribution is 0.283. The predicted octanol–water partition coefficient (Wildman–Crippen LogP) is 3.55. The minimum atomic E-state index is 0.857. The maximum absolute atomic E-state index is 4.78. The Hall–Kier alpha value is -2.40. The van der Waals surface area contributed by atoms with Gasteiger partial charge in [-0.2, -0.15) is 4.98 Å². The third-order valence-electron chi connectivity index (χ3n) is 4.99. The SMILES string of the molecule is CCCCN(C)c1ccnc(N2CCN(C/C=C/c3ccccc3)CC2)n1. The van der Waals surface area contributed by atoms with Gasteiger partial charge in [0.25, 0.3) is 0 Å². The first-order valence-electron chi connectivity index (χ1n) is 9.99. The zero-order valence-corrected chi connectivity index (χ0v) is 16.6. The second-order valence-electron chi connectivity index (χ2n) is 7.09. The summed E-state index contributed by atoms with van der Waals surface area (Å²) >= 11 is 0. The van der Waals surface area contributed by atoms with Crippen LogP contribution in [0.5, 0.6) is 0 Å². The van der Waals surface area contributed by atoms with E-state index in [0.717, 1.165) is 51.0 Å². The summed E-state index contributed by atoms with van der Waals surface area (Å²) in [5, 5.41) is 0. The molecule has 0 saturated carbocycles. The van der Waals surface area contributed by atoms with Crippen molar-refractivity contribution in [2.45, 2.75) is 19.8 Å². The molecule has 0 bridgehead atoms. The van der Waals surface area contributed by atoms with Crippen molar-refractivity contribution in [3.63, 3.8) is 0 Å². The highest BCUT2D eigenvalue weighted by Crippen LogP contribution is 2.16. The van der Waals surface area contributed by atoms with Gasteiger partial charge in [0.2, 0.25) is 5.95 Å². The van der Waals surface area contributed by atoms with Crippen molar-refractivity contribution in [3.8, 4) is 0 Å². The van der Waals surface area contributed by atoms with E-state index in [2.05, 4.69) is 76.1 Å². The highest BCUT2D eigenvalue weighted by Gasteiger charge is 2.18. The Labute approximate surface area is 163 Å². The molecule has 0 radical (unpaired) electrons. The monoisotopic (exact) mass is 365 g/mol. The Morgan fingerprint density at radius 3 is 2.59 bits per heavy atom. The van der Waals surface area contributed by atoms with Crippen LogP contribution in [0.2, 0.25) is 0 Å². The van der Waals surface area contributed by atoms with E-state index in [4.69, 9.17) is 4.98 Å². The molecule has 0 unspecified atom stereocenters. The van der Waals surface area contributed by atoms with Crippen LogP contribution in [-0.2, 0) is 0 Å². The van der Waals surface area contributed by atoms with Crippen LogP contribution >= 0.6 is 0 Å². The molecule has 0 spiro atoms. The van der Waals surface area contributed by atoms with E-state index in [1.54, 1.807) is 0 Å². The fourth-order valence-corrected chi connectivity index (χ4v) is 3.25. The third-order valence-corrected chi connectivity index (χ3v) is 4.99. The number of aromatic nitrogens is 2. The Bertz CT molecular complexity index is 708. The average Bonchev–Trinajstić information content (AvgIpc) is 2.73. The fraction of sp³-hybridized carbons (Fsp3) is 0.455. The highest BCUT2D eigenvalue weighted by molar-refractivity contribution is 5.49. The van der Waals surface area contributed by atoms with Gasteiger partial charge in [-0.15, -0.1) is 0 Å². The summed E-state index contributed by atoms with van der Waals surface area (Å²) in [4.78, 5) is 16.3. The minimum absolute atomic E-state index is 0.857. The first-order valence-corrected chi connectivity index (χ1v) is 9.99. The average molecular weight is 366 g/mol. The fourth-order valence-electron chi connectivity index (χ4n) is 3.25. The number of piperazine rings is 1. The highest BCUT2D eigenvalue weighted by atomic mass is 15.3. The van der Waals surface area contributed by atoms with Crippen LogP contribution in [0.4, 0.5) is 11.8 Å². The Morgan fingerprint density at radius 2 is 1.85 bits per heavy atom. The smallest absolute Gasteiger partial charge is 0.227 e. The normalized spacial score (nSPS) is 15.4. The van der Waals surface area contributed by atoms with E-state index in [0.29, 0.717) is 0 Å². The van der Waals surface area contributed by atoms with Crippen molar-refractivity contribution >= 4 is 17.8 Å². The van der Waals surface area contributed by atoms with E-state index >= 15 is 0 Å². The van der Waals surface area contributed by atoms with Gasteiger partial charge >= 0.3 is 0 Å². The number of nitrogens with zero attached hydrogens (tertiary/aromatic N) is 5. The quantitative estimate of drug-likeness (QED) is 0.715. The minimum Gasteiger partial charge on any atom is -0.360 e. The summed E-state index contributed by atoms with van der Waals surface area (Å²) < 4.78 is 0. The second kappa shape index (κ2) is 10.1. The molecule has 1 fully saturated rings. The first kappa shape index (κ1) is 19.4. The molecule has 1 aliphatic rings. The number of unbranched alkanes of at least 4 members (excludes halogenated alkanes) is 1. The lowest BCUT2D eigenvalue weighted by atomic mass is 10.2. The molecule has 144 valence electrons. The Balaban J connectivity index is 1.49. The van der Waals surface area contributed by atoms with Crippen molar-refractivity contribution < 1.29 is 0 Å². The summed E-state index contributed by atoms with van der Waals surface area (Å²) in [7, 11) is 2.11. The van der Waals surface area contributed by atoms with Crippen molar-refractivity contribution in [3.05, 3.63) is 54.2 Å². The van der Waals surface area contributed by atoms with Crippen molar-refractivity contribution in [2.24, 2.45) is 0 Å². The molecule has 5 heteroatoms. The van der Waals surface area contributed by atoms with Crippen LogP contribution in [0.15, 0.2) is 48.7 Å². The predicted molar refractivity (Wildman–Crippen MR) is 114 cm³/mol. The molecule has 3 rings (SSSR count). The topological polar surface area (TPSA) is 35.5 Å². The van der Waals surface area contributed by atoms with Gasteiger partial charge in [0.15, 0.2) is 0 Å². The van der Waals surface area contributed by atoms with Crippen LogP contribution in [0.25, 0.3) is 6.08 Å². The standard InChI is InChI=1S/C22H31N5/c1-3-4-14-25(2)21-12-13-23-22(24-21)27-18-16-26(17-19-27)15-8-11-20-9-6-5-7-10-20/h5-13H,3-4,14-19H2,1-2H3/b11-8+. The summed E-state index contributed by atoms with van der Waals surface area (Å²) in [5.41, 5.74) is 1.26. The molecular weight excluding hydrogens is 334 g/mol. The molecule has 1 aromatic heterocycles. The first-order chi connectivity index (χ1) is 13.3. The number of rotatable bonds is 8. The van der Waals surface area contributed by atoms with Gasteiger partial charge in [0.05, 0.1) is 0 Å². The summed E-state index contributed by atoms with van der Waals surface area (Å²) in [6, 6.07) is 12.5. The van der Waals surface area contributed by atoms with E-state index in [9.17, 15) is 0 Å². The van der Waals surface area contributed by atoms with E-state index < -0.39 is 0 Å². The van der Waals surface area contributed by atoms with Gasteiger partial charge in [-0.25, -0.2) is 4.98 Å². The van der Waals surface area contributed by atoms with E-state index in [-0.39, 0.29) is 0 Å². The lowest BCUT2D eigenvalue weighted by Crippen LogP contribution is -2.47. The molecule has 2 aromatic rings. The molecular formula is C22H31N5. The number of hydrogen-bond donors (Lipinski definition) is 0. The van der Waals surface area contributed by atoms with Crippen LogP contribution in [0, 0.1) is 0 Å². The van der Waals surface area contributed by atoms with Crippen molar-refractivity contribution in [1.29, 1.82) is 0 Å². The zero-order valence-electron chi connectivity index (χ0n) is 16.6. The van der Waals surface area contributed by atoms with Crippen molar-refractivity contribution in [2.75, 3.05) is 56.1 Å². The molecule has 0 aliphatic carbocycles. The molecule has 1 saturated heterocycles. The molecule has 0 amide bonds. The number of benzene rings is 1. The zero-order chi connectivity index (χ0) is 18.9. The Kier molecular flexibility index (Phi) is 7.22.